The highest BCUT2D eigenvalue weighted by atomic mass is 35.5. The zero-order valence-corrected chi connectivity index (χ0v) is 11.9. The van der Waals surface area contributed by atoms with Crippen LogP contribution >= 0.6 is 11.6 Å². The average molecular weight is 302 g/mol. The van der Waals surface area contributed by atoms with E-state index in [4.69, 9.17) is 11.6 Å². The number of H-pyrrole nitrogens is 2. The van der Waals surface area contributed by atoms with Crippen molar-refractivity contribution >= 4 is 34.2 Å². The Morgan fingerprint density at radius 2 is 1.86 bits per heavy atom. The van der Waals surface area contributed by atoms with Crippen LogP contribution in [0.2, 0.25) is 5.02 Å². The van der Waals surface area contributed by atoms with Crippen LogP contribution in [0.15, 0.2) is 41.2 Å². The third kappa shape index (κ3) is 2.68. The number of aryl methyl sites for hydroxylation is 1. The third-order valence-corrected chi connectivity index (χ3v) is 3.43. The Morgan fingerprint density at radius 3 is 2.57 bits per heavy atom. The summed E-state index contributed by atoms with van der Waals surface area (Å²) in [6.45, 7) is 1.86. The average Bonchev–Trinajstić information content (AvgIpc) is 2.78. The lowest BCUT2D eigenvalue weighted by molar-refractivity contribution is 0.102. The molecule has 0 saturated heterocycles. The van der Waals surface area contributed by atoms with Gasteiger partial charge in [-0.15, -0.1) is 0 Å². The van der Waals surface area contributed by atoms with E-state index in [9.17, 15) is 9.59 Å². The summed E-state index contributed by atoms with van der Waals surface area (Å²) in [5.74, 6) is -0.252. The third-order valence-electron chi connectivity index (χ3n) is 3.20. The monoisotopic (exact) mass is 301 g/mol. The molecule has 106 valence electrons. The number of imidazole rings is 1. The summed E-state index contributed by atoms with van der Waals surface area (Å²) >= 11 is 5.88. The van der Waals surface area contributed by atoms with E-state index in [0.29, 0.717) is 27.3 Å². The zero-order chi connectivity index (χ0) is 15.0. The maximum absolute atomic E-state index is 12.2. The van der Waals surface area contributed by atoms with Gasteiger partial charge in [-0.1, -0.05) is 17.7 Å². The second-order valence-corrected chi connectivity index (χ2v) is 5.19. The molecule has 0 saturated carbocycles. The predicted octanol–water partition coefficient (Wildman–Crippen LogP) is 3.07. The molecule has 0 aliphatic carbocycles. The molecule has 6 heteroatoms. The van der Waals surface area contributed by atoms with Crippen LogP contribution in [0.5, 0.6) is 0 Å². The standard InChI is InChI=1S/C15H12ClN3O2/c1-8-5-12-13(19-15(21)18-12)7-11(8)17-14(20)9-3-2-4-10(16)6-9/h2-7H,1H3,(H,17,20)(H2,18,19,21). The van der Waals surface area contributed by atoms with E-state index in [2.05, 4.69) is 15.3 Å². The van der Waals surface area contributed by atoms with Crippen molar-refractivity contribution in [2.75, 3.05) is 5.32 Å². The fraction of sp³-hybridized carbons (Fsp3) is 0.0667. The Hall–Kier alpha value is -2.53. The largest absolute Gasteiger partial charge is 0.323 e. The lowest BCUT2D eigenvalue weighted by Crippen LogP contribution is -2.12. The number of fused-ring (bicyclic) bond motifs is 1. The fourth-order valence-electron chi connectivity index (χ4n) is 2.15. The molecular formula is C15H12ClN3O2. The summed E-state index contributed by atoms with van der Waals surface area (Å²) in [4.78, 5) is 28.8. The van der Waals surface area contributed by atoms with Crippen LogP contribution in [0.25, 0.3) is 11.0 Å². The molecule has 0 bridgehead atoms. The van der Waals surface area contributed by atoms with E-state index in [0.717, 1.165) is 5.56 Å². The van der Waals surface area contributed by atoms with Crippen LogP contribution in [-0.4, -0.2) is 15.9 Å². The van der Waals surface area contributed by atoms with Crippen molar-refractivity contribution in [3.8, 4) is 0 Å². The van der Waals surface area contributed by atoms with Crippen molar-refractivity contribution in [2.24, 2.45) is 0 Å². The maximum Gasteiger partial charge on any atom is 0.323 e. The number of carbonyl (C=O) groups is 1. The van der Waals surface area contributed by atoms with Gasteiger partial charge in [0.1, 0.15) is 0 Å². The van der Waals surface area contributed by atoms with Gasteiger partial charge >= 0.3 is 5.69 Å². The molecule has 0 aliphatic rings. The lowest BCUT2D eigenvalue weighted by atomic mass is 10.1. The molecule has 2 aromatic carbocycles. The van der Waals surface area contributed by atoms with Gasteiger partial charge in [0.05, 0.1) is 11.0 Å². The number of carbonyl (C=O) groups excluding carboxylic acids is 1. The van der Waals surface area contributed by atoms with Crippen molar-refractivity contribution in [1.82, 2.24) is 9.97 Å². The molecule has 0 radical (unpaired) electrons. The number of hydrogen-bond acceptors (Lipinski definition) is 2. The van der Waals surface area contributed by atoms with Crippen LogP contribution in [0.3, 0.4) is 0 Å². The highest BCUT2D eigenvalue weighted by molar-refractivity contribution is 6.31. The van der Waals surface area contributed by atoms with Gasteiger partial charge in [0.25, 0.3) is 5.91 Å². The Balaban J connectivity index is 1.95. The van der Waals surface area contributed by atoms with Gasteiger partial charge in [-0.25, -0.2) is 4.79 Å². The van der Waals surface area contributed by atoms with Crippen molar-refractivity contribution in [3.05, 3.63) is 63.0 Å². The number of nitrogens with one attached hydrogen (secondary N) is 3. The molecular weight excluding hydrogens is 290 g/mol. The minimum absolute atomic E-state index is 0.252. The van der Waals surface area contributed by atoms with E-state index in [1.165, 1.54) is 0 Å². The van der Waals surface area contributed by atoms with Crippen LogP contribution < -0.4 is 11.0 Å². The first-order valence-electron chi connectivity index (χ1n) is 6.32. The molecule has 0 fully saturated rings. The number of benzene rings is 2. The number of halogens is 1. The first-order valence-corrected chi connectivity index (χ1v) is 6.70. The zero-order valence-electron chi connectivity index (χ0n) is 11.2. The summed E-state index contributed by atoms with van der Waals surface area (Å²) in [7, 11) is 0. The lowest BCUT2D eigenvalue weighted by Gasteiger charge is -2.09. The van der Waals surface area contributed by atoms with E-state index in [1.54, 1.807) is 36.4 Å². The molecule has 0 aliphatic heterocycles. The number of aromatic nitrogens is 2. The molecule has 1 amide bonds. The second-order valence-electron chi connectivity index (χ2n) is 4.76. The van der Waals surface area contributed by atoms with E-state index in [-0.39, 0.29) is 11.6 Å². The fourth-order valence-corrected chi connectivity index (χ4v) is 2.34. The van der Waals surface area contributed by atoms with Gasteiger partial charge in [0, 0.05) is 16.3 Å². The Bertz CT molecular complexity index is 895. The molecule has 21 heavy (non-hydrogen) atoms. The number of amides is 1. The maximum atomic E-state index is 12.2. The van der Waals surface area contributed by atoms with Gasteiger partial charge in [0.2, 0.25) is 0 Å². The van der Waals surface area contributed by atoms with E-state index in [1.807, 2.05) is 6.92 Å². The smallest absolute Gasteiger partial charge is 0.322 e. The van der Waals surface area contributed by atoms with Crippen LogP contribution in [0, 0.1) is 6.92 Å². The molecule has 0 atom stereocenters. The first-order chi connectivity index (χ1) is 10.0. The summed E-state index contributed by atoms with van der Waals surface area (Å²) in [5.41, 5.74) is 3.05. The normalized spacial score (nSPS) is 10.8. The minimum atomic E-state index is -0.275. The molecule has 1 heterocycles. The predicted molar refractivity (Wildman–Crippen MR) is 83.1 cm³/mol. The molecule has 1 aromatic heterocycles. The number of anilines is 1. The summed E-state index contributed by atoms with van der Waals surface area (Å²) in [6.07, 6.45) is 0. The van der Waals surface area contributed by atoms with Crippen molar-refractivity contribution < 1.29 is 4.79 Å². The highest BCUT2D eigenvalue weighted by Gasteiger charge is 2.10. The van der Waals surface area contributed by atoms with E-state index >= 15 is 0 Å². The van der Waals surface area contributed by atoms with Gasteiger partial charge in [-0.3, -0.25) is 4.79 Å². The molecule has 0 spiro atoms. The molecule has 3 rings (SSSR count). The van der Waals surface area contributed by atoms with Gasteiger partial charge in [-0.05, 0) is 42.8 Å². The second kappa shape index (κ2) is 5.10. The van der Waals surface area contributed by atoms with Gasteiger partial charge in [-0.2, -0.15) is 0 Å². The highest BCUT2D eigenvalue weighted by Crippen LogP contribution is 2.21. The quantitative estimate of drug-likeness (QED) is 0.680. The Kier molecular flexibility index (Phi) is 3.27. The SMILES string of the molecule is Cc1cc2[nH]c(=O)[nH]c2cc1NC(=O)c1cccc(Cl)c1. The summed E-state index contributed by atoms with van der Waals surface area (Å²) in [6, 6.07) is 10.2. The van der Waals surface area contributed by atoms with Gasteiger partial charge < -0.3 is 15.3 Å². The van der Waals surface area contributed by atoms with Crippen LogP contribution in [0.1, 0.15) is 15.9 Å². The summed E-state index contributed by atoms with van der Waals surface area (Å²) < 4.78 is 0. The molecule has 5 nitrogen and oxygen atoms in total. The number of aromatic amines is 2. The summed E-state index contributed by atoms with van der Waals surface area (Å²) in [5, 5.41) is 3.33. The Labute approximate surface area is 125 Å². The van der Waals surface area contributed by atoms with E-state index < -0.39 is 0 Å². The Morgan fingerprint density at radius 1 is 1.14 bits per heavy atom. The van der Waals surface area contributed by atoms with Crippen LogP contribution in [0.4, 0.5) is 5.69 Å². The molecule has 3 aromatic rings. The molecule has 3 N–H and O–H groups in total. The topological polar surface area (TPSA) is 77.8 Å². The first kappa shape index (κ1) is 13.5. The number of hydrogen-bond donors (Lipinski definition) is 3. The van der Waals surface area contributed by atoms with Crippen molar-refractivity contribution in [2.45, 2.75) is 6.92 Å². The van der Waals surface area contributed by atoms with Crippen molar-refractivity contribution in [3.63, 3.8) is 0 Å². The number of rotatable bonds is 2. The minimum Gasteiger partial charge on any atom is -0.322 e. The van der Waals surface area contributed by atoms with Gasteiger partial charge in [0.15, 0.2) is 0 Å². The molecule has 0 unspecified atom stereocenters. The van der Waals surface area contributed by atoms with Crippen LogP contribution in [-0.2, 0) is 0 Å². The van der Waals surface area contributed by atoms with Crippen molar-refractivity contribution in [1.29, 1.82) is 0 Å².